The molecule has 1 spiro atoms. The first kappa shape index (κ1) is 16.2. The van der Waals surface area contributed by atoms with Crippen LogP contribution in [0, 0.1) is 0 Å². The molecule has 2 saturated heterocycles. The Morgan fingerprint density at radius 2 is 2.14 bits per heavy atom. The lowest BCUT2D eigenvalue weighted by atomic mass is 9.89. The molecule has 0 bridgehead atoms. The van der Waals surface area contributed by atoms with Gasteiger partial charge in [-0.05, 0) is 39.8 Å². The first-order valence-corrected chi connectivity index (χ1v) is 7.63. The maximum atomic E-state index is 11.8. The van der Waals surface area contributed by atoms with Crippen LogP contribution in [0.25, 0.3) is 0 Å². The maximum absolute atomic E-state index is 11.8. The van der Waals surface area contributed by atoms with E-state index in [-0.39, 0.29) is 11.7 Å². The number of piperidine rings is 1. The number of rotatable bonds is 4. The fraction of sp³-hybridized carbons (Fsp3) is 0.857. The van der Waals surface area contributed by atoms with E-state index in [4.69, 9.17) is 9.47 Å². The molecule has 21 heavy (non-hydrogen) atoms. The Hall–Kier alpha value is -1.18. The van der Waals surface area contributed by atoms with Crippen molar-refractivity contribution in [1.82, 2.24) is 16.0 Å². The highest BCUT2D eigenvalue weighted by Crippen LogP contribution is 2.35. The fourth-order valence-electron chi connectivity index (χ4n) is 2.89. The molecule has 0 saturated carbocycles. The second-order valence-electron chi connectivity index (χ2n) is 5.70. The van der Waals surface area contributed by atoms with Gasteiger partial charge in [-0.15, -0.1) is 0 Å². The van der Waals surface area contributed by atoms with E-state index in [9.17, 15) is 9.59 Å². The molecule has 2 atom stereocenters. The van der Waals surface area contributed by atoms with Gasteiger partial charge in [-0.25, -0.2) is 4.79 Å². The standard InChI is InChI=1S/C14H25N3O4/c1-3-16-13(19)17-12(18)10(2)21-11-8-14(20-9-11)4-6-15-7-5-14/h10-11,15H,3-9H2,1-2H3,(H2,16,17,18,19). The van der Waals surface area contributed by atoms with Crippen LogP contribution >= 0.6 is 0 Å². The second-order valence-corrected chi connectivity index (χ2v) is 5.70. The summed E-state index contributed by atoms with van der Waals surface area (Å²) in [6.45, 7) is 6.35. The van der Waals surface area contributed by atoms with Crippen LogP contribution in [0.4, 0.5) is 4.79 Å². The van der Waals surface area contributed by atoms with Crippen LogP contribution in [0.3, 0.4) is 0 Å². The lowest BCUT2D eigenvalue weighted by Gasteiger charge is -2.32. The van der Waals surface area contributed by atoms with E-state index in [1.165, 1.54) is 0 Å². The van der Waals surface area contributed by atoms with Crippen molar-refractivity contribution >= 4 is 11.9 Å². The molecule has 7 nitrogen and oxygen atoms in total. The molecule has 0 aromatic carbocycles. The Kier molecular flexibility index (Phi) is 5.55. The van der Waals surface area contributed by atoms with Crippen LogP contribution in [0.5, 0.6) is 0 Å². The molecule has 2 heterocycles. The summed E-state index contributed by atoms with van der Waals surface area (Å²) in [5.41, 5.74) is -0.0916. The van der Waals surface area contributed by atoms with Crippen LogP contribution in [0.2, 0.25) is 0 Å². The van der Waals surface area contributed by atoms with Gasteiger partial charge >= 0.3 is 6.03 Å². The van der Waals surface area contributed by atoms with Crippen molar-refractivity contribution in [1.29, 1.82) is 0 Å². The van der Waals surface area contributed by atoms with E-state index in [0.29, 0.717) is 13.2 Å². The van der Waals surface area contributed by atoms with E-state index >= 15 is 0 Å². The normalized spacial score (nSPS) is 25.5. The zero-order chi connectivity index (χ0) is 15.3. The summed E-state index contributed by atoms with van der Waals surface area (Å²) in [6.07, 6.45) is 2.02. The van der Waals surface area contributed by atoms with Crippen molar-refractivity contribution in [3.63, 3.8) is 0 Å². The minimum atomic E-state index is -0.668. The van der Waals surface area contributed by atoms with Crippen molar-refractivity contribution in [2.75, 3.05) is 26.2 Å². The molecule has 2 rings (SSSR count). The number of urea groups is 1. The van der Waals surface area contributed by atoms with E-state index in [0.717, 1.165) is 32.4 Å². The molecule has 0 aromatic rings. The first-order chi connectivity index (χ1) is 10.0. The summed E-state index contributed by atoms with van der Waals surface area (Å²) in [7, 11) is 0. The Labute approximate surface area is 125 Å². The number of imide groups is 1. The van der Waals surface area contributed by atoms with Gasteiger partial charge in [-0.1, -0.05) is 0 Å². The van der Waals surface area contributed by atoms with Gasteiger partial charge in [0, 0.05) is 13.0 Å². The summed E-state index contributed by atoms with van der Waals surface area (Å²) >= 11 is 0. The average molecular weight is 299 g/mol. The molecule has 0 aromatic heterocycles. The van der Waals surface area contributed by atoms with Crippen LogP contribution in [0.15, 0.2) is 0 Å². The number of carbonyl (C=O) groups excluding carboxylic acids is 2. The second kappa shape index (κ2) is 7.20. The van der Waals surface area contributed by atoms with Crippen molar-refractivity contribution < 1.29 is 19.1 Å². The monoisotopic (exact) mass is 299 g/mol. The number of amides is 3. The van der Waals surface area contributed by atoms with Crippen molar-refractivity contribution in [3.05, 3.63) is 0 Å². The van der Waals surface area contributed by atoms with Crippen molar-refractivity contribution in [2.24, 2.45) is 0 Å². The molecular formula is C14H25N3O4. The molecule has 2 aliphatic heterocycles. The highest BCUT2D eigenvalue weighted by Gasteiger charge is 2.42. The molecule has 3 amide bonds. The van der Waals surface area contributed by atoms with Crippen LogP contribution in [0.1, 0.15) is 33.1 Å². The number of hydrogen-bond acceptors (Lipinski definition) is 5. The predicted molar refractivity (Wildman–Crippen MR) is 77.0 cm³/mol. The Bertz CT molecular complexity index is 382. The molecule has 3 N–H and O–H groups in total. The Morgan fingerprint density at radius 1 is 1.43 bits per heavy atom. The van der Waals surface area contributed by atoms with Gasteiger partial charge in [0.25, 0.3) is 5.91 Å². The third-order valence-electron chi connectivity index (χ3n) is 4.03. The highest BCUT2D eigenvalue weighted by molar-refractivity contribution is 5.96. The molecule has 0 aliphatic carbocycles. The van der Waals surface area contributed by atoms with Gasteiger partial charge in [-0.3, -0.25) is 10.1 Å². The van der Waals surface area contributed by atoms with Crippen LogP contribution in [-0.2, 0) is 14.3 Å². The van der Waals surface area contributed by atoms with Gasteiger partial charge in [0.1, 0.15) is 6.10 Å². The van der Waals surface area contributed by atoms with E-state index in [1.54, 1.807) is 13.8 Å². The zero-order valence-corrected chi connectivity index (χ0v) is 12.7. The average Bonchev–Trinajstić information content (AvgIpc) is 2.82. The summed E-state index contributed by atoms with van der Waals surface area (Å²) in [5, 5.41) is 8.09. The van der Waals surface area contributed by atoms with Gasteiger partial charge in [-0.2, -0.15) is 0 Å². The quantitative estimate of drug-likeness (QED) is 0.687. The molecule has 120 valence electrons. The zero-order valence-electron chi connectivity index (χ0n) is 12.7. The van der Waals surface area contributed by atoms with Crippen molar-refractivity contribution in [2.45, 2.75) is 50.9 Å². The number of nitrogens with one attached hydrogen (secondary N) is 3. The first-order valence-electron chi connectivity index (χ1n) is 7.63. The predicted octanol–water partition coefficient (Wildman–Crippen LogP) is 0.148. The van der Waals surface area contributed by atoms with E-state index in [1.807, 2.05) is 0 Å². The molecule has 2 aliphatic rings. The van der Waals surface area contributed by atoms with E-state index < -0.39 is 18.0 Å². The van der Waals surface area contributed by atoms with Crippen LogP contribution in [-0.4, -0.2) is 56.0 Å². The summed E-state index contributed by atoms with van der Waals surface area (Å²) in [6, 6.07) is -0.490. The lowest BCUT2D eigenvalue weighted by molar-refractivity contribution is -0.134. The molecule has 2 unspecified atom stereocenters. The number of ether oxygens (including phenoxy) is 2. The van der Waals surface area contributed by atoms with Gasteiger partial charge < -0.3 is 20.1 Å². The molecule has 7 heteroatoms. The van der Waals surface area contributed by atoms with Gasteiger partial charge in [0.15, 0.2) is 0 Å². The van der Waals surface area contributed by atoms with Gasteiger partial charge in [0.05, 0.1) is 18.3 Å². The summed E-state index contributed by atoms with van der Waals surface area (Å²) in [5.74, 6) is -0.424. The Balaban J connectivity index is 1.76. The van der Waals surface area contributed by atoms with Crippen molar-refractivity contribution in [3.8, 4) is 0 Å². The largest absolute Gasteiger partial charge is 0.372 e. The van der Waals surface area contributed by atoms with Gasteiger partial charge in [0.2, 0.25) is 0 Å². The SMILES string of the molecule is CCNC(=O)NC(=O)C(C)OC1COC2(CCNCC2)C1. The fourth-order valence-corrected chi connectivity index (χ4v) is 2.89. The maximum Gasteiger partial charge on any atom is 0.321 e. The minimum Gasteiger partial charge on any atom is -0.372 e. The third-order valence-corrected chi connectivity index (χ3v) is 4.03. The highest BCUT2D eigenvalue weighted by atomic mass is 16.6. The summed E-state index contributed by atoms with van der Waals surface area (Å²) < 4.78 is 11.7. The Morgan fingerprint density at radius 3 is 2.81 bits per heavy atom. The topological polar surface area (TPSA) is 88.7 Å². The molecular weight excluding hydrogens is 274 g/mol. The number of carbonyl (C=O) groups is 2. The van der Waals surface area contributed by atoms with Crippen LogP contribution < -0.4 is 16.0 Å². The summed E-state index contributed by atoms with van der Waals surface area (Å²) in [4.78, 5) is 23.1. The lowest BCUT2D eigenvalue weighted by Crippen LogP contribution is -2.45. The van der Waals surface area contributed by atoms with E-state index in [2.05, 4.69) is 16.0 Å². The third kappa shape index (κ3) is 4.39. The minimum absolute atomic E-state index is 0.0851. The molecule has 0 radical (unpaired) electrons. The smallest absolute Gasteiger partial charge is 0.321 e. The molecule has 2 fully saturated rings. The number of hydrogen-bond donors (Lipinski definition) is 3.